The molecule has 1 aliphatic heterocycles. The van der Waals surface area contributed by atoms with E-state index in [1.54, 1.807) is 6.26 Å². The maximum atomic E-state index is 5.36. The van der Waals surface area contributed by atoms with Gasteiger partial charge < -0.3 is 14.6 Å². The van der Waals surface area contributed by atoms with Gasteiger partial charge >= 0.3 is 0 Å². The molecule has 2 heterocycles. The van der Waals surface area contributed by atoms with Gasteiger partial charge in [0.2, 0.25) is 0 Å². The van der Waals surface area contributed by atoms with Crippen molar-refractivity contribution >= 4 is 0 Å². The first-order valence-corrected chi connectivity index (χ1v) is 6.35. The van der Waals surface area contributed by atoms with Gasteiger partial charge in [0.25, 0.3) is 0 Å². The summed E-state index contributed by atoms with van der Waals surface area (Å²) in [6.07, 6.45) is 5.88. The van der Waals surface area contributed by atoms with Crippen LogP contribution in [0, 0.1) is 0 Å². The third kappa shape index (κ3) is 3.35. The maximum Gasteiger partial charge on any atom is 0.120 e. The normalized spacial score (nSPS) is 19.8. The van der Waals surface area contributed by atoms with Crippen LogP contribution in [0.5, 0.6) is 0 Å². The lowest BCUT2D eigenvalue weighted by Gasteiger charge is -2.26. The third-order valence-electron chi connectivity index (χ3n) is 3.30. The van der Waals surface area contributed by atoms with E-state index in [4.69, 9.17) is 4.42 Å². The summed E-state index contributed by atoms with van der Waals surface area (Å²) in [7, 11) is 0. The van der Waals surface area contributed by atoms with E-state index in [9.17, 15) is 0 Å². The second-order valence-electron chi connectivity index (χ2n) is 4.59. The number of hydrogen-bond donors (Lipinski definition) is 1. The minimum Gasteiger partial charge on any atom is -0.468 e. The predicted molar refractivity (Wildman–Crippen MR) is 65.4 cm³/mol. The molecule has 0 amide bonds. The van der Waals surface area contributed by atoms with Crippen molar-refractivity contribution in [3.8, 4) is 0 Å². The van der Waals surface area contributed by atoms with Crippen LogP contribution in [-0.4, -0.2) is 31.1 Å². The largest absolute Gasteiger partial charge is 0.468 e. The molecular formula is C13H22N2O. The molecule has 1 fully saturated rings. The summed E-state index contributed by atoms with van der Waals surface area (Å²) in [5, 5.41) is 3.50. The van der Waals surface area contributed by atoms with Crippen LogP contribution in [0.25, 0.3) is 0 Å². The monoisotopic (exact) mass is 222 g/mol. The molecule has 90 valence electrons. The Balaban J connectivity index is 1.63. The Bertz CT molecular complexity index is 278. The lowest BCUT2D eigenvalue weighted by molar-refractivity contribution is 0.225. The number of nitrogens with one attached hydrogen (secondary N) is 1. The quantitative estimate of drug-likeness (QED) is 0.829. The zero-order valence-corrected chi connectivity index (χ0v) is 10.1. The van der Waals surface area contributed by atoms with Gasteiger partial charge in [-0.2, -0.15) is 0 Å². The molecule has 16 heavy (non-hydrogen) atoms. The average molecular weight is 222 g/mol. The van der Waals surface area contributed by atoms with Crippen molar-refractivity contribution in [1.29, 1.82) is 0 Å². The fourth-order valence-electron chi connectivity index (χ4n) is 2.26. The molecule has 2 rings (SSSR count). The summed E-state index contributed by atoms with van der Waals surface area (Å²) in [6, 6.07) is 4.29. The Morgan fingerprint density at radius 3 is 2.88 bits per heavy atom. The number of hydrogen-bond acceptors (Lipinski definition) is 3. The molecule has 0 radical (unpaired) electrons. The molecule has 0 aliphatic carbocycles. The number of furan rings is 1. The highest BCUT2D eigenvalue weighted by Crippen LogP contribution is 2.12. The van der Waals surface area contributed by atoms with Gasteiger partial charge in [-0.1, -0.05) is 6.42 Å². The van der Waals surface area contributed by atoms with Crippen LogP contribution in [0.15, 0.2) is 22.8 Å². The van der Waals surface area contributed by atoms with Crippen molar-refractivity contribution in [3.63, 3.8) is 0 Å². The van der Waals surface area contributed by atoms with Crippen LogP contribution in [-0.2, 0) is 0 Å². The standard InChI is InChI=1S/C13H22N2O/c1-12(13-6-5-11-16-13)14-7-10-15-8-3-2-4-9-15/h5-6,11-12,14H,2-4,7-10H2,1H3. The topological polar surface area (TPSA) is 28.4 Å². The highest BCUT2D eigenvalue weighted by atomic mass is 16.3. The van der Waals surface area contributed by atoms with E-state index >= 15 is 0 Å². The zero-order valence-electron chi connectivity index (χ0n) is 10.1. The van der Waals surface area contributed by atoms with Crippen molar-refractivity contribution in [2.45, 2.75) is 32.2 Å². The summed E-state index contributed by atoms with van der Waals surface area (Å²) in [6.45, 7) is 6.90. The van der Waals surface area contributed by atoms with Crippen LogP contribution in [0.1, 0.15) is 38.0 Å². The van der Waals surface area contributed by atoms with Crippen LogP contribution >= 0.6 is 0 Å². The molecule has 1 unspecified atom stereocenters. The van der Waals surface area contributed by atoms with E-state index in [0.29, 0.717) is 6.04 Å². The Morgan fingerprint density at radius 1 is 1.38 bits per heavy atom. The smallest absolute Gasteiger partial charge is 0.120 e. The lowest BCUT2D eigenvalue weighted by atomic mass is 10.1. The van der Waals surface area contributed by atoms with Crippen molar-refractivity contribution < 1.29 is 4.42 Å². The number of piperidine rings is 1. The van der Waals surface area contributed by atoms with Gasteiger partial charge in [0, 0.05) is 13.1 Å². The highest BCUT2D eigenvalue weighted by molar-refractivity contribution is 5.02. The van der Waals surface area contributed by atoms with Gasteiger partial charge in [-0.15, -0.1) is 0 Å². The van der Waals surface area contributed by atoms with Gasteiger partial charge in [0.1, 0.15) is 5.76 Å². The molecule has 1 saturated heterocycles. The molecule has 1 N–H and O–H groups in total. The number of likely N-dealkylation sites (tertiary alicyclic amines) is 1. The highest BCUT2D eigenvalue weighted by Gasteiger charge is 2.11. The van der Waals surface area contributed by atoms with Crippen molar-refractivity contribution in [2.75, 3.05) is 26.2 Å². The van der Waals surface area contributed by atoms with Crippen LogP contribution in [0.2, 0.25) is 0 Å². The third-order valence-corrected chi connectivity index (χ3v) is 3.30. The van der Waals surface area contributed by atoms with Crippen molar-refractivity contribution in [1.82, 2.24) is 10.2 Å². The second kappa shape index (κ2) is 6.06. The van der Waals surface area contributed by atoms with Crippen molar-refractivity contribution in [2.24, 2.45) is 0 Å². The van der Waals surface area contributed by atoms with E-state index in [1.807, 2.05) is 12.1 Å². The summed E-state index contributed by atoms with van der Waals surface area (Å²) in [5.41, 5.74) is 0. The maximum absolute atomic E-state index is 5.36. The van der Waals surface area contributed by atoms with E-state index in [1.165, 1.54) is 32.4 Å². The molecule has 1 aromatic heterocycles. The fourth-order valence-corrected chi connectivity index (χ4v) is 2.26. The Hall–Kier alpha value is -0.800. The van der Waals surface area contributed by atoms with E-state index in [2.05, 4.69) is 17.1 Å². The molecule has 3 heteroatoms. The average Bonchev–Trinajstić information content (AvgIpc) is 2.84. The summed E-state index contributed by atoms with van der Waals surface area (Å²) in [4.78, 5) is 2.55. The van der Waals surface area contributed by atoms with Gasteiger partial charge in [-0.3, -0.25) is 0 Å². The fraction of sp³-hybridized carbons (Fsp3) is 0.692. The van der Waals surface area contributed by atoms with Crippen molar-refractivity contribution in [3.05, 3.63) is 24.2 Å². The first-order chi connectivity index (χ1) is 7.86. The predicted octanol–water partition coefficient (Wildman–Crippen LogP) is 2.42. The Morgan fingerprint density at radius 2 is 2.19 bits per heavy atom. The molecule has 1 atom stereocenters. The first-order valence-electron chi connectivity index (χ1n) is 6.35. The van der Waals surface area contributed by atoms with Gasteiger partial charge in [-0.05, 0) is 45.0 Å². The minimum atomic E-state index is 0.319. The molecule has 0 bridgehead atoms. The first kappa shape index (κ1) is 11.7. The Labute approximate surface area is 97.8 Å². The Kier molecular flexibility index (Phi) is 4.43. The van der Waals surface area contributed by atoms with Crippen LogP contribution in [0.4, 0.5) is 0 Å². The molecular weight excluding hydrogens is 200 g/mol. The molecule has 0 aromatic carbocycles. The van der Waals surface area contributed by atoms with E-state index in [0.717, 1.165) is 18.8 Å². The molecule has 1 aromatic rings. The molecule has 0 spiro atoms. The van der Waals surface area contributed by atoms with E-state index in [-0.39, 0.29) is 0 Å². The second-order valence-corrected chi connectivity index (χ2v) is 4.59. The summed E-state index contributed by atoms with van der Waals surface area (Å²) in [5.74, 6) is 1.03. The number of nitrogens with zero attached hydrogens (tertiary/aromatic N) is 1. The molecule has 3 nitrogen and oxygen atoms in total. The van der Waals surface area contributed by atoms with Gasteiger partial charge in [0.15, 0.2) is 0 Å². The van der Waals surface area contributed by atoms with Gasteiger partial charge in [-0.25, -0.2) is 0 Å². The zero-order chi connectivity index (χ0) is 11.2. The summed E-state index contributed by atoms with van der Waals surface area (Å²) >= 11 is 0. The minimum absolute atomic E-state index is 0.319. The summed E-state index contributed by atoms with van der Waals surface area (Å²) < 4.78 is 5.36. The lowest BCUT2D eigenvalue weighted by Crippen LogP contribution is -2.36. The van der Waals surface area contributed by atoms with Crippen LogP contribution in [0.3, 0.4) is 0 Å². The molecule has 1 aliphatic rings. The molecule has 0 saturated carbocycles. The van der Waals surface area contributed by atoms with Crippen LogP contribution < -0.4 is 5.32 Å². The number of rotatable bonds is 5. The SMILES string of the molecule is CC(NCCN1CCCCC1)c1ccco1. The van der Waals surface area contributed by atoms with Gasteiger partial charge in [0.05, 0.1) is 12.3 Å². The van der Waals surface area contributed by atoms with E-state index < -0.39 is 0 Å².